The number of amides is 2. The maximum Gasteiger partial charge on any atom is 0.234 e. The molecule has 0 radical (unpaired) electrons. The fourth-order valence-corrected chi connectivity index (χ4v) is 4.54. The van der Waals surface area contributed by atoms with Crippen LogP contribution in [0.2, 0.25) is 5.02 Å². The standard InChI is InChI=1S/C22H22ClN3O3S2/c1-29-19-5-3-2-4-15(19)10-11-24-20(27)12-18-13-30-22(26-18)31-14-21(28)25-17-8-6-16(23)7-9-17/h2-9,13H,10-12,14H2,1H3,(H,24,27)(H,25,28). The molecule has 0 unspecified atom stereocenters. The van der Waals surface area contributed by atoms with Gasteiger partial charge in [0.15, 0.2) is 4.34 Å². The molecule has 3 rings (SSSR count). The first kappa shape index (κ1) is 23.1. The average molecular weight is 476 g/mol. The van der Waals surface area contributed by atoms with Crippen LogP contribution in [0.15, 0.2) is 58.3 Å². The van der Waals surface area contributed by atoms with Gasteiger partial charge in [0.2, 0.25) is 11.8 Å². The van der Waals surface area contributed by atoms with Crippen molar-refractivity contribution in [2.75, 3.05) is 24.7 Å². The topological polar surface area (TPSA) is 80.3 Å². The molecule has 0 saturated carbocycles. The van der Waals surface area contributed by atoms with Crippen LogP contribution in [0.5, 0.6) is 5.75 Å². The Bertz CT molecular complexity index is 1020. The predicted octanol–water partition coefficient (Wildman–Crippen LogP) is 4.44. The summed E-state index contributed by atoms with van der Waals surface area (Å²) >= 11 is 8.61. The Kier molecular flexibility index (Phi) is 8.75. The Morgan fingerprint density at radius 2 is 1.90 bits per heavy atom. The highest BCUT2D eigenvalue weighted by Gasteiger charge is 2.10. The number of benzene rings is 2. The second-order valence-electron chi connectivity index (χ2n) is 6.54. The Hall–Kier alpha value is -2.55. The molecule has 0 bridgehead atoms. The zero-order valence-electron chi connectivity index (χ0n) is 16.9. The summed E-state index contributed by atoms with van der Waals surface area (Å²) in [6, 6.07) is 14.7. The Morgan fingerprint density at radius 1 is 1.13 bits per heavy atom. The van der Waals surface area contributed by atoms with Gasteiger partial charge in [-0.05, 0) is 42.3 Å². The average Bonchev–Trinajstić information content (AvgIpc) is 3.21. The number of thioether (sulfide) groups is 1. The number of aromatic nitrogens is 1. The molecule has 3 aromatic rings. The van der Waals surface area contributed by atoms with Gasteiger partial charge in [-0.1, -0.05) is 41.6 Å². The van der Waals surface area contributed by atoms with Crippen LogP contribution in [-0.2, 0) is 22.4 Å². The molecule has 0 aliphatic rings. The lowest BCUT2D eigenvalue weighted by Crippen LogP contribution is -2.27. The minimum absolute atomic E-state index is 0.0859. The second kappa shape index (κ2) is 11.7. The third-order valence-corrected chi connectivity index (χ3v) is 6.56. The number of hydrogen-bond acceptors (Lipinski definition) is 6. The van der Waals surface area contributed by atoms with Gasteiger partial charge in [0, 0.05) is 22.6 Å². The molecule has 6 nitrogen and oxygen atoms in total. The van der Waals surface area contributed by atoms with Crippen LogP contribution < -0.4 is 15.4 Å². The first-order valence-corrected chi connectivity index (χ1v) is 11.8. The van der Waals surface area contributed by atoms with Gasteiger partial charge >= 0.3 is 0 Å². The number of rotatable bonds is 10. The fraction of sp³-hybridized carbons (Fsp3) is 0.227. The van der Waals surface area contributed by atoms with E-state index in [1.54, 1.807) is 31.4 Å². The summed E-state index contributed by atoms with van der Waals surface area (Å²) in [5, 5.41) is 8.18. The number of anilines is 1. The van der Waals surface area contributed by atoms with E-state index < -0.39 is 0 Å². The van der Waals surface area contributed by atoms with Crippen LogP contribution in [0.3, 0.4) is 0 Å². The van der Waals surface area contributed by atoms with Crippen molar-refractivity contribution >= 4 is 52.2 Å². The van der Waals surface area contributed by atoms with Crippen LogP contribution in [0.1, 0.15) is 11.3 Å². The number of methoxy groups -OCH3 is 1. The molecule has 0 saturated heterocycles. The van der Waals surface area contributed by atoms with Crippen molar-refractivity contribution in [2.24, 2.45) is 0 Å². The number of carbonyl (C=O) groups excluding carboxylic acids is 2. The third-order valence-electron chi connectivity index (χ3n) is 4.24. The van der Waals surface area contributed by atoms with Gasteiger partial charge in [-0.25, -0.2) is 4.98 Å². The minimum Gasteiger partial charge on any atom is -0.496 e. The summed E-state index contributed by atoms with van der Waals surface area (Å²) in [5.74, 6) is 0.842. The molecule has 2 aromatic carbocycles. The van der Waals surface area contributed by atoms with E-state index >= 15 is 0 Å². The zero-order chi connectivity index (χ0) is 22.1. The van der Waals surface area contributed by atoms with Crippen molar-refractivity contribution < 1.29 is 14.3 Å². The van der Waals surface area contributed by atoms with E-state index in [0.29, 0.717) is 29.4 Å². The lowest BCUT2D eigenvalue weighted by molar-refractivity contribution is -0.120. The quantitative estimate of drug-likeness (QED) is 0.424. The number of carbonyl (C=O) groups is 2. The van der Waals surface area contributed by atoms with Crippen molar-refractivity contribution in [3.8, 4) is 5.75 Å². The molecule has 1 heterocycles. The number of nitrogens with zero attached hydrogens (tertiary/aromatic N) is 1. The van der Waals surface area contributed by atoms with Crippen molar-refractivity contribution in [1.82, 2.24) is 10.3 Å². The van der Waals surface area contributed by atoms with Crippen LogP contribution in [-0.4, -0.2) is 36.2 Å². The Labute approximate surface area is 194 Å². The van der Waals surface area contributed by atoms with Crippen LogP contribution in [0.4, 0.5) is 5.69 Å². The van der Waals surface area contributed by atoms with Gasteiger partial charge in [0.1, 0.15) is 5.75 Å². The molecular formula is C22H22ClN3O3S2. The molecule has 0 fully saturated rings. The lowest BCUT2D eigenvalue weighted by Gasteiger charge is -2.08. The number of halogens is 1. The summed E-state index contributed by atoms with van der Waals surface area (Å²) in [7, 11) is 1.64. The first-order valence-electron chi connectivity index (χ1n) is 9.54. The minimum atomic E-state index is -0.127. The number of para-hydroxylation sites is 1. The molecule has 9 heteroatoms. The van der Waals surface area contributed by atoms with E-state index in [4.69, 9.17) is 16.3 Å². The number of thiazole rings is 1. The van der Waals surface area contributed by atoms with E-state index in [-0.39, 0.29) is 24.0 Å². The van der Waals surface area contributed by atoms with Crippen molar-refractivity contribution in [3.05, 3.63) is 70.2 Å². The smallest absolute Gasteiger partial charge is 0.234 e. The van der Waals surface area contributed by atoms with Gasteiger partial charge in [-0.2, -0.15) is 0 Å². The van der Waals surface area contributed by atoms with E-state index in [0.717, 1.165) is 15.7 Å². The Balaban J connectivity index is 1.39. The summed E-state index contributed by atoms with van der Waals surface area (Å²) in [6.45, 7) is 0.524. The SMILES string of the molecule is COc1ccccc1CCNC(=O)Cc1csc(SCC(=O)Nc2ccc(Cl)cc2)n1. The van der Waals surface area contributed by atoms with E-state index in [9.17, 15) is 9.59 Å². The number of ether oxygens (including phenoxy) is 1. The van der Waals surface area contributed by atoms with Gasteiger partial charge in [-0.3, -0.25) is 9.59 Å². The predicted molar refractivity (Wildman–Crippen MR) is 126 cm³/mol. The van der Waals surface area contributed by atoms with Crippen LogP contribution in [0.25, 0.3) is 0 Å². The highest BCUT2D eigenvalue weighted by Crippen LogP contribution is 2.23. The van der Waals surface area contributed by atoms with E-state index in [1.807, 2.05) is 29.6 Å². The van der Waals surface area contributed by atoms with Gasteiger partial charge in [0.05, 0.1) is 25.0 Å². The van der Waals surface area contributed by atoms with E-state index in [2.05, 4.69) is 15.6 Å². The van der Waals surface area contributed by atoms with Crippen molar-refractivity contribution in [1.29, 1.82) is 0 Å². The van der Waals surface area contributed by atoms with E-state index in [1.165, 1.54) is 23.1 Å². The molecule has 162 valence electrons. The molecule has 0 spiro atoms. The molecule has 2 N–H and O–H groups in total. The Morgan fingerprint density at radius 3 is 2.68 bits per heavy atom. The molecule has 0 aliphatic carbocycles. The molecular weight excluding hydrogens is 454 g/mol. The highest BCUT2D eigenvalue weighted by atomic mass is 35.5. The maximum absolute atomic E-state index is 12.2. The summed E-state index contributed by atoms with van der Waals surface area (Å²) in [6.07, 6.45) is 0.899. The molecule has 0 atom stereocenters. The fourth-order valence-electron chi connectivity index (χ4n) is 2.77. The molecule has 1 aromatic heterocycles. The largest absolute Gasteiger partial charge is 0.496 e. The zero-order valence-corrected chi connectivity index (χ0v) is 19.3. The molecule has 2 amide bonds. The van der Waals surface area contributed by atoms with Crippen LogP contribution >= 0.6 is 34.7 Å². The monoisotopic (exact) mass is 475 g/mol. The maximum atomic E-state index is 12.2. The first-order chi connectivity index (χ1) is 15.0. The summed E-state index contributed by atoms with van der Waals surface area (Å²) in [5.41, 5.74) is 2.44. The summed E-state index contributed by atoms with van der Waals surface area (Å²) < 4.78 is 6.07. The second-order valence-corrected chi connectivity index (χ2v) is 9.05. The van der Waals surface area contributed by atoms with Gasteiger partial charge < -0.3 is 15.4 Å². The normalized spacial score (nSPS) is 10.5. The van der Waals surface area contributed by atoms with Gasteiger partial charge in [0.25, 0.3) is 0 Å². The third kappa shape index (κ3) is 7.57. The van der Waals surface area contributed by atoms with Crippen LogP contribution in [0, 0.1) is 0 Å². The molecule has 0 aliphatic heterocycles. The number of nitrogens with one attached hydrogen (secondary N) is 2. The summed E-state index contributed by atoms with van der Waals surface area (Å²) in [4.78, 5) is 28.7. The highest BCUT2D eigenvalue weighted by molar-refractivity contribution is 8.01. The van der Waals surface area contributed by atoms with Crippen molar-refractivity contribution in [2.45, 2.75) is 17.2 Å². The van der Waals surface area contributed by atoms with Gasteiger partial charge in [-0.15, -0.1) is 11.3 Å². The number of hydrogen-bond donors (Lipinski definition) is 2. The lowest BCUT2D eigenvalue weighted by atomic mass is 10.1. The van der Waals surface area contributed by atoms with Crippen molar-refractivity contribution in [3.63, 3.8) is 0 Å². The molecule has 31 heavy (non-hydrogen) atoms.